The molecule has 0 radical (unpaired) electrons. The van der Waals surface area contributed by atoms with E-state index in [1.54, 1.807) is 17.5 Å². The number of nitrogens with zero attached hydrogens (tertiary/aromatic N) is 1. The number of hydrogen-bond acceptors (Lipinski definition) is 4. The molecule has 0 saturated heterocycles. The van der Waals surface area contributed by atoms with Gasteiger partial charge in [-0.15, -0.1) is 11.3 Å². The van der Waals surface area contributed by atoms with E-state index in [0.29, 0.717) is 6.61 Å². The van der Waals surface area contributed by atoms with Gasteiger partial charge in [-0.1, -0.05) is 19.1 Å². The Morgan fingerprint density at radius 1 is 1.42 bits per heavy atom. The van der Waals surface area contributed by atoms with Crippen LogP contribution in [0.2, 0.25) is 0 Å². The molecule has 0 fully saturated rings. The lowest BCUT2D eigenvalue weighted by Gasteiger charge is -2.27. The second kappa shape index (κ2) is 8.26. The highest BCUT2D eigenvalue weighted by molar-refractivity contribution is 7.09. The van der Waals surface area contributed by atoms with Crippen LogP contribution in [0.5, 0.6) is 0 Å². The van der Waals surface area contributed by atoms with Crippen LogP contribution in [0, 0.1) is 0 Å². The first-order valence-electron chi connectivity index (χ1n) is 8.12. The molecule has 0 bridgehead atoms. The maximum Gasteiger partial charge on any atom is 0.320 e. The quantitative estimate of drug-likeness (QED) is 0.774. The Balaban J connectivity index is 2.00. The van der Waals surface area contributed by atoms with Crippen molar-refractivity contribution in [3.8, 4) is 0 Å². The fourth-order valence-corrected chi connectivity index (χ4v) is 3.03. The average molecular weight is 347 g/mol. The van der Waals surface area contributed by atoms with Gasteiger partial charge in [0.15, 0.2) is 0 Å². The zero-order valence-electron chi connectivity index (χ0n) is 14.6. The molecule has 0 aliphatic rings. The van der Waals surface area contributed by atoms with Crippen molar-refractivity contribution >= 4 is 23.1 Å². The summed E-state index contributed by atoms with van der Waals surface area (Å²) >= 11 is 1.54. The van der Waals surface area contributed by atoms with Crippen molar-refractivity contribution in [2.75, 3.05) is 5.32 Å². The van der Waals surface area contributed by atoms with Crippen LogP contribution in [-0.4, -0.2) is 17.1 Å². The minimum atomic E-state index is -0.476. The van der Waals surface area contributed by atoms with E-state index >= 15 is 0 Å². The summed E-state index contributed by atoms with van der Waals surface area (Å²) in [5, 5.41) is 8.74. The van der Waals surface area contributed by atoms with Crippen LogP contribution in [0.3, 0.4) is 0 Å². The van der Waals surface area contributed by atoms with Crippen molar-refractivity contribution in [2.45, 2.75) is 52.4 Å². The maximum atomic E-state index is 12.4. The number of nitrogens with one attached hydrogen (secondary N) is 2. The third kappa shape index (κ3) is 5.04. The van der Waals surface area contributed by atoms with E-state index in [1.807, 2.05) is 57.3 Å². The monoisotopic (exact) mass is 347 g/mol. The lowest BCUT2D eigenvalue weighted by Crippen LogP contribution is -2.45. The molecule has 0 unspecified atom stereocenters. The Bertz CT molecular complexity index is 658. The Morgan fingerprint density at radius 3 is 2.83 bits per heavy atom. The van der Waals surface area contributed by atoms with E-state index in [0.717, 1.165) is 22.7 Å². The van der Waals surface area contributed by atoms with Gasteiger partial charge in [0, 0.05) is 17.3 Å². The molecule has 1 aromatic heterocycles. The smallest absolute Gasteiger partial charge is 0.320 e. The standard InChI is InChI=1S/C18H25N3O2S/c1-5-18(4,16-19-9-10-24-16)21-17(22)20-15-8-6-7-14(11-15)12-23-13(2)3/h6-11,13H,5,12H2,1-4H3,(H2,20,21,22)/t18-/m1/s1. The number of hydrogen-bond donors (Lipinski definition) is 2. The lowest BCUT2D eigenvalue weighted by molar-refractivity contribution is 0.0657. The summed E-state index contributed by atoms with van der Waals surface area (Å²) in [5.41, 5.74) is 1.30. The number of thiazole rings is 1. The van der Waals surface area contributed by atoms with Gasteiger partial charge >= 0.3 is 6.03 Å². The minimum Gasteiger partial charge on any atom is -0.374 e. The zero-order chi connectivity index (χ0) is 17.6. The molecule has 0 saturated carbocycles. The van der Waals surface area contributed by atoms with E-state index in [4.69, 9.17) is 4.74 Å². The summed E-state index contributed by atoms with van der Waals surface area (Å²) < 4.78 is 5.60. The Labute approximate surface area is 147 Å². The summed E-state index contributed by atoms with van der Waals surface area (Å²) in [4.78, 5) is 16.7. The minimum absolute atomic E-state index is 0.175. The number of benzene rings is 1. The van der Waals surface area contributed by atoms with E-state index in [9.17, 15) is 4.79 Å². The van der Waals surface area contributed by atoms with Gasteiger partial charge in [-0.25, -0.2) is 9.78 Å². The first-order valence-corrected chi connectivity index (χ1v) is 9.00. The van der Waals surface area contributed by atoms with Gasteiger partial charge in [0.2, 0.25) is 0 Å². The molecule has 6 heteroatoms. The highest BCUT2D eigenvalue weighted by atomic mass is 32.1. The molecule has 2 aromatic rings. The van der Waals surface area contributed by atoms with Crippen LogP contribution >= 0.6 is 11.3 Å². The van der Waals surface area contributed by atoms with Crippen molar-refractivity contribution in [1.82, 2.24) is 10.3 Å². The van der Waals surface area contributed by atoms with E-state index < -0.39 is 5.54 Å². The molecular weight excluding hydrogens is 322 g/mol. The molecule has 2 rings (SSSR count). The SMILES string of the molecule is CC[C@@](C)(NC(=O)Nc1cccc(COC(C)C)c1)c1nccs1. The van der Waals surface area contributed by atoms with Crippen molar-refractivity contribution < 1.29 is 9.53 Å². The number of ether oxygens (including phenoxy) is 1. The summed E-state index contributed by atoms with van der Waals surface area (Å²) in [6, 6.07) is 7.45. The van der Waals surface area contributed by atoms with Gasteiger partial charge in [-0.3, -0.25) is 0 Å². The number of amides is 2. The van der Waals surface area contributed by atoms with Gasteiger partial charge < -0.3 is 15.4 Å². The zero-order valence-corrected chi connectivity index (χ0v) is 15.4. The molecule has 5 nitrogen and oxygen atoms in total. The Kier molecular flexibility index (Phi) is 6.34. The molecule has 1 atom stereocenters. The summed E-state index contributed by atoms with van der Waals surface area (Å²) in [6.07, 6.45) is 2.69. The summed E-state index contributed by atoms with van der Waals surface area (Å²) in [7, 11) is 0. The number of urea groups is 1. The van der Waals surface area contributed by atoms with Crippen molar-refractivity contribution in [3.63, 3.8) is 0 Å². The van der Waals surface area contributed by atoms with Crippen LogP contribution in [0.25, 0.3) is 0 Å². The van der Waals surface area contributed by atoms with Gasteiger partial charge in [0.25, 0.3) is 0 Å². The lowest BCUT2D eigenvalue weighted by atomic mass is 10.0. The molecular formula is C18H25N3O2S. The molecule has 24 heavy (non-hydrogen) atoms. The van der Waals surface area contributed by atoms with Gasteiger partial charge in [-0.2, -0.15) is 0 Å². The van der Waals surface area contributed by atoms with Crippen LogP contribution in [-0.2, 0) is 16.9 Å². The second-order valence-corrected chi connectivity index (χ2v) is 7.06. The number of anilines is 1. The highest BCUT2D eigenvalue weighted by Crippen LogP contribution is 2.26. The van der Waals surface area contributed by atoms with E-state index in [-0.39, 0.29) is 12.1 Å². The normalized spacial score (nSPS) is 13.5. The van der Waals surface area contributed by atoms with Crippen LogP contribution in [0.4, 0.5) is 10.5 Å². The Morgan fingerprint density at radius 2 is 2.21 bits per heavy atom. The largest absolute Gasteiger partial charge is 0.374 e. The number of aromatic nitrogens is 1. The number of carbonyl (C=O) groups excluding carboxylic acids is 1. The average Bonchev–Trinajstić information content (AvgIpc) is 3.08. The second-order valence-electron chi connectivity index (χ2n) is 6.16. The van der Waals surface area contributed by atoms with Gasteiger partial charge in [-0.05, 0) is 44.9 Å². The maximum absolute atomic E-state index is 12.4. The third-order valence-corrected chi connectivity index (χ3v) is 4.81. The molecule has 0 aliphatic carbocycles. The molecule has 1 aromatic carbocycles. The van der Waals surface area contributed by atoms with Crippen LogP contribution in [0.1, 0.15) is 44.7 Å². The molecule has 1 heterocycles. The highest BCUT2D eigenvalue weighted by Gasteiger charge is 2.29. The predicted octanol–water partition coefficient (Wildman–Crippen LogP) is 4.52. The first kappa shape index (κ1) is 18.4. The fraction of sp³-hybridized carbons (Fsp3) is 0.444. The van der Waals surface area contributed by atoms with Gasteiger partial charge in [0.1, 0.15) is 5.01 Å². The molecule has 2 N–H and O–H groups in total. The molecule has 130 valence electrons. The number of rotatable bonds is 7. The number of carbonyl (C=O) groups is 1. The summed E-state index contributed by atoms with van der Waals surface area (Å²) in [5.74, 6) is 0. The van der Waals surface area contributed by atoms with Crippen molar-refractivity contribution in [2.24, 2.45) is 0 Å². The van der Waals surface area contributed by atoms with Crippen molar-refractivity contribution in [1.29, 1.82) is 0 Å². The van der Waals surface area contributed by atoms with Crippen molar-refractivity contribution in [3.05, 3.63) is 46.4 Å². The third-order valence-electron chi connectivity index (χ3n) is 3.77. The van der Waals surface area contributed by atoms with Crippen LogP contribution in [0.15, 0.2) is 35.8 Å². The van der Waals surface area contributed by atoms with Gasteiger partial charge in [0.05, 0.1) is 18.2 Å². The fourth-order valence-electron chi connectivity index (χ4n) is 2.20. The van der Waals surface area contributed by atoms with Crippen LogP contribution < -0.4 is 10.6 Å². The Hall–Kier alpha value is -1.92. The summed E-state index contributed by atoms with van der Waals surface area (Å²) in [6.45, 7) is 8.55. The first-order chi connectivity index (χ1) is 11.4. The molecule has 2 amide bonds. The molecule has 0 spiro atoms. The topological polar surface area (TPSA) is 63.2 Å². The predicted molar refractivity (Wildman–Crippen MR) is 98.3 cm³/mol. The van der Waals surface area contributed by atoms with E-state index in [1.165, 1.54) is 0 Å². The van der Waals surface area contributed by atoms with E-state index in [2.05, 4.69) is 15.6 Å². The molecule has 0 aliphatic heterocycles.